The third kappa shape index (κ3) is 4.81. The van der Waals surface area contributed by atoms with Crippen molar-refractivity contribution < 1.29 is 14.3 Å². The van der Waals surface area contributed by atoms with Crippen LogP contribution in [0.2, 0.25) is 0 Å². The number of hydrogen-bond acceptors (Lipinski definition) is 3. The van der Waals surface area contributed by atoms with E-state index < -0.39 is 0 Å². The first-order valence-corrected chi connectivity index (χ1v) is 5.89. The topological polar surface area (TPSA) is 43.4 Å². The normalized spacial score (nSPS) is 10.0. The van der Waals surface area contributed by atoms with E-state index in [0.29, 0.717) is 31.4 Å². The van der Waals surface area contributed by atoms with Crippen molar-refractivity contribution in [3.63, 3.8) is 0 Å². The van der Waals surface area contributed by atoms with Gasteiger partial charge in [-0.1, -0.05) is 0 Å². The van der Waals surface area contributed by atoms with Gasteiger partial charge in [0.1, 0.15) is 11.5 Å². The maximum absolute atomic E-state index is 11.7. The number of rotatable bonds is 7. The van der Waals surface area contributed by atoms with E-state index in [0.717, 1.165) is 5.75 Å². The molecule has 0 fully saturated rings. The summed E-state index contributed by atoms with van der Waals surface area (Å²) in [6, 6.07) is 7.12. The van der Waals surface area contributed by atoms with Gasteiger partial charge in [0.05, 0.1) is 6.61 Å². The molecule has 1 rings (SSSR count). The fourth-order valence-corrected chi connectivity index (χ4v) is 1.55. The van der Waals surface area contributed by atoms with Gasteiger partial charge in [-0.15, -0.1) is 0 Å². The molecule has 0 bridgehead atoms. The highest BCUT2D eigenvalue weighted by atomic mass is 16.5. The summed E-state index contributed by atoms with van der Waals surface area (Å²) in [5.74, 6) is 0.978. The molecule has 17 heavy (non-hydrogen) atoms. The highest BCUT2D eigenvalue weighted by Crippen LogP contribution is 2.14. The molecule has 1 aromatic carbocycles. The van der Waals surface area contributed by atoms with Crippen molar-refractivity contribution >= 4 is 11.6 Å². The van der Waals surface area contributed by atoms with Crippen LogP contribution in [0.15, 0.2) is 24.3 Å². The fourth-order valence-electron chi connectivity index (χ4n) is 1.55. The van der Waals surface area contributed by atoms with Crippen LogP contribution in [0.4, 0.5) is 0 Å². The summed E-state index contributed by atoms with van der Waals surface area (Å²) in [4.78, 5) is 22.5. The smallest absolute Gasteiger partial charge is 0.162 e. The van der Waals surface area contributed by atoms with E-state index in [1.807, 2.05) is 6.92 Å². The molecule has 0 radical (unpaired) electrons. The lowest BCUT2D eigenvalue weighted by Crippen LogP contribution is -2.01. The van der Waals surface area contributed by atoms with Crippen LogP contribution < -0.4 is 4.74 Å². The van der Waals surface area contributed by atoms with Gasteiger partial charge in [0, 0.05) is 18.4 Å². The molecule has 0 spiro atoms. The molecule has 0 aliphatic heterocycles. The number of carbonyl (C=O) groups is 2. The van der Waals surface area contributed by atoms with Crippen molar-refractivity contribution in [1.82, 2.24) is 0 Å². The summed E-state index contributed by atoms with van der Waals surface area (Å²) >= 11 is 0. The zero-order valence-electron chi connectivity index (χ0n) is 10.4. The van der Waals surface area contributed by atoms with Gasteiger partial charge in [-0.2, -0.15) is 0 Å². The van der Waals surface area contributed by atoms with E-state index >= 15 is 0 Å². The second-order valence-electron chi connectivity index (χ2n) is 3.94. The Morgan fingerprint density at radius 3 is 2.29 bits per heavy atom. The number of ether oxygens (including phenoxy) is 1. The molecule has 0 aromatic heterocycles. The van der Waals surface area contributed by atoms with E-state index in [2.05, 4.69) is 0 Å². The Labute approximate surface area is 102 Å². The molecule has 0 aliphatic carbocycles. The van der Waals surface area contributed by atoms with Crippen LogP contribution >= 0.6 is 0 Å². The van der Waals surface area contributed by atoms with Crippen LogP contribution in [0.25, 0.3) is 0 Å². The first-order chi connectivity index (χ1) is 8.13. The Morgan fingerprint density at radius 2 is 1.76 bits per heavy atom. The quantitative estimate of drug-likeness (QED) is 0.681. The van der Waals surface area contributed by atoms with Gasteiger partial charge >= 0.3 is 0 Å². The number of ketones is 2. The fraction of sp³-hybridized carbons (Fsp3) is 0.429. The third-order valence-electron chi connectivity index (χ3n) is 2.42. The average molecular weight is 234 g/mol. The Balaban J connectivity index is 2.48. The second-order valence-corrected chi connectivity index (χ2v) is 3.94. The molecule has 0 saturated carbocycles. The summed E-state index contributed by atoms with van der Waals surface area (Å²) in [5.41, 5.74) is 0.678. The van der Waals surface area contributed by atoms with Crippen LogP contribution in [-0.2, 0) is 4.79 Å². The van der Waals surface area contributed by atoms with Crippen molar-refractivity contribution in [2.24, 2.45) is 0 Å². The molecule has 92 valence electrons. The van der Waals surface area contributed by atoms with Gasteiger partial charge in [0.2, 0.25) is 0 Å². The summed E-state index contributed by atoms with van der Waals surface area (Å²) in [6.45, 7) is 4.08. The van der Waals surface area contributed by atoms with E-state index in [1.165, 1.54) is 0 Å². The highest BCUT2D eigenvalue weighted by molar-refractivity contribution is 5.96. The monoisotopic (exact) mass is 234 g/mol. The van der Waals surface area contributed by atoms with Gasteiger partial charge in [-0.25, -0.2) is 0 Å². The first-order valence-electron chi connectivity index (χ1n) is 5.89. The van der Waals surface area contributed by atoms with E-state index in [-0.39, 0.29) is 11.6 Å². The molecule has 3 nitrogen and oxygen atoms in total. The molecular formula is C14H18O3. The van der Waals surface area contributed by atoms with Crippen molar-refractivity contribution in [3.8, 4) is 5.75 Å². The number of Topliss-reactive ketones (excluding diaryl/α,β-unsaturated/α-hetero) is 2. The third-order valence-corrected chi connectivity index (χ3v) is 2.42. The molecule has 3 heteroatoms. The van der Waals surface area contributed by atoms with Crippen molar-refractivity contribution in [3.05, 3.63) is 29.8 Å². The highest BCUT2D eigenvalue weighted by Gasteiger charge is 2.06. The molecule has 0 N–H and O–H groups in total. The van der Waals surface area contributed by atoms with Crippen molar-refractivity contribution in [2.45, 2.75) is 33.1 Å². The van der Waals surface area contributed by atoms with Gasteiger partial charge in [0.15, 0.2) is 5.78 Å². The first kappa shape index (κ1) is 13.4. The van der Waals surface area contributed by atoms with Gasteiger partial charge in [-0.3, -0.25) is 4.79 Å². The van der Waals surface area contributed by atoms with E-state index in [4.69, 9.17) is 4.74 Å². The number of hydrogen-bond donors (Lipinski definition) is 0. The number of benzene rings is 1. The summed E-state index contributed by atoms with van der Waals surface area (Å²) in [5, 5.41) is 0. The Kier molecular flexibility index (Phi) is 5.40. The van der Waals surface area contributed by atoms with Crippen molar-refractivity contribution in [2.75, 3.05) is 6.61 Å². The van der Waals surface area contributed by atoms with Gasteiger partial charge < -0.3 is 9.53 Å². The second kappa shape index (κ2) is 6.84. The summed E-state index contributed by atoms with van der Waals surface area (Å²) in [6.07, 6.45) is 1.53. The largest absolute Gasteiger partial charge is 0.494 e. The van der Waals surface area contributed by atoms with E-state index in [9.17, 15) is 9.59 Å². The Hall–Kier alpha value is -1.64. The average Bonchev–Trinajstić information content (AvgIpc) is 2.30. The molecule has 0 aliphatic rings. The predicted molar refractivity (Wildman–Crippen MR) is 66.5 cm³/mol. The van der Waals surface area contributed by atoms with Crippen molar-refractivity contribution in [1.29, 1.82) is 0 Å². The van der Waals surface area contributed by atoms with Crippen LogP contribution in [0, 0.1) is 0 Å². The maximum atomic E-state index is 11.7. The maximum Gasteiger partial charge on any atom is 0.162 e. The molecule has 0 atom stereocenters. The molecule has 0 heterocycles. The summed E-state index contributed by atoms with van der Waals surface area (Å²) < 4.78 is 5.30. The van der Waals surface area contributed by atoms with Crippen LogP contribution in [0.5, 0.6) is 5.75 Å². The SMILES string of the molecule is CCOc1ccc(C(=O)CCCC(C)=O)cc1. The Morgan fingerprint density at radius 1 is 1.12 bits per heavy atom. The minimum atomic E-state index is 0.0781. The zero-order valence-corrected chi connectivity index (χ0v) is 10.4. The molecule has 0 amide bonds. The molecule has 0 unspecified atom stereocenters. The summed E-state index contributed by atoms with van der Waals surface area (Å²) in [7, 11) is 0. The van der Waals surface area contributed by atoms with E-state index in [1.54, 1.807) is 31.2 Å². The number of carbonyl (C=O) groups excluding carboxylic acids is 2. The van der Waals surface area contributed by atoms with Crippen LogP contribution in [0.3, 0.4) is 0 Å². The lowest BCUT2D eigenvalue weighted by molar-refractivity contribution is -0.117. The van der Waals surface area contributed by atoms with Crippen LogP contribution in [-0.4, -0.2) is 18.2 Å². The zero-order chi connectivity index (χ0) is 12.7. The molecule has 1 aromatic rings. The van der Waals surface area contributed by atoms with Gasteiger partial charge in [0.25, 0.3) is 0 Å². The molecular weight excluding hydrogens is 216 g/mol. The standard InChI is InChI=1S/C14H18O3/c1-3-17-13-9-7-12(8-10-13)14(16)6-4-5-11(2)15/h7-10H,3-6H2,1-2H3. The lowest BCUT2D eigenvalue weighted by Gasteiger charge is -2.04. The Bertz CT molecular complexity index is 379. The molecule has 0 saturated heterocycles. The minimum absolute atomic E-state index is 0.0781. The lowest BCUT2D eigenvalue weighted by atomic mass is 10.0. The van der Waals surface area contributed by atoms with Crippen LogP contribution in [0.1, 0.15) is 43.5 Å². The van der Waals surface area contributed by atoms with Gasteiger partial charge in [-0.05, 0) is 44.5 Å². The predicted octanol–water partition coefficient (Wildman–Crippen LogP) is 3.03. The minimum Gasteiger partial charge on any atom is -0.494 e.